The highest BCUT2D eigenvalue weighted by molar-refractivity contribution is 5.91. The summed E-state index contributed by atoms with van der Waals surface area (Å²) in [6.07, 6.45) is 7.46. The molecule has 0 aromatic carbocycles. The van der Waals surface area contributed by atoms with E-state index in [4.69, 9.17) is 4.74 Å². The lowest BCUT2D eigenvalue weighted by atomic mass is 9.54. The van der Waals surface area contributed by atoms with Gasteiger partial charge in [0, 0.05) is 13.2 Å². The maximum atomic E-state index is 12.0. The molecule has 1 atom stereocenters. The Morgan fingerprint density at radius 2 is 2.26 bits per heavy atom. The third kappa shape index (κ3) is 1.54. The van der Waals surface area contributed by atoms with Crippen LogP contribution < -0.4 is 5.32 Å². The fourth-order valence-corrected chi connectivity index (χ4v) is 3.47. The Morgan fingerprint density at radius 1 is 1.47 bits per heavy atom. The molecular weight excluding hydrogens is 242 g/mol. The zero-order valence-electron chi connectivity index (χ0n) is 11.0. The van der Waals surface area contributed by atoms with Crippen molar-refractivity contribution < 1.29 is 9.53 Å². The van der Waals surface area contributed by atoms with E-state index in [1.807, 2.05) is 13.1 Å². The first-order chi connectivity index (χ1) is 9.17. The highest BCUT2D eigenvalue weighted by Gasteiger charge is 2.48. The van der Waals surface area contributed by atoms with Gasteiger partial charge in [0.05, 0.1) is 5.69 Å². The normalized spacial score (nSPS) is 27.8. The smallest absolute Gasteiger partial charge is 0.356 e. The number of hydrogen-bond acceptors (Lipinski definition) is 4. The number of esters is 1. The molecule has 1 aromatic rings. The minimum absolute atomic E-state index is 0.213. The van der Waals surface area contributed by atoms with Crippen LogP contribution in [-0.4, -0.2) is 15.7 Å². The summed E-state index contributed by atoms with van der Waals surface area (Å²) < 4.78 is 7.14. The van der Waals surface area contributed by atoms with E-state index in [2.05, 4.69) is 10.4 Å². The van der Waals surface area contributed by atoms with Crippen LogP contribution >= 0.6 is 0 Å². The fourth-order valence-electron chi connectivity index (χ4n) is 3.47. The summed E-state index contributed by atoms with van der Waals surface area (Å²) in [7, 11) is 1.85. The van der Waals surface area contributed by atoms with Crippen LogP contribution in [0.2, 0.25) is 0 Å². The van der Waals surface area contributed by atoms with E-state index in [1.165, 1.54) is 24.8 Å². The van der Waals surface area contributed by atoms with Crippen molar-refractivity contribution in [1.29, 1.82) is 0 Å². The second-order valence-corrected chi connectivity index (χ2v) is 6.00. The van der Waals surface area contributed by atoms with Gasteiger partial charge in [-0.2, -0.15) is 5.10 Å². The van der Waals surface area contributed by atoms with Crippen LogP contribution in [0.3, 0.4) is 0 Å². The van der Waals surface area contributed by atoms with Crippen molar-refractivity contribution in [2.45, 2.75) is 38.3 Å². The van der Waals surface area contributed by atoms with Gasteiger partial charge in [-0.1, -0.05) is 6.42 Å². The lowest BCUT2D eigenvalue weighted by molar-refractivity contribution is -0.139. The Labute approximate surface area is 111 Å². The first-order valence-electron chi connectivity index (χ1n) is 6.84. The van der Waals surface area contributed by atoms with Crippen molar-refractivity contribution in [1.82, 2.24) is 15.1 Å². The molecule has 5 heteroatoms. The van der Waals surface area contributed by atoms with Gasteiger partial charge in [-0.15, -0.1) is 0 Å². The number of nitrogens with zero attached hydrogens (tertiary/aromatic N) is 2. The van der Waals surface area contributed by atoms with E-state index in [-0.39, 0.29) is 12.2 Å². The van der Waals surface area contributed by atoms with Gasteiger partial charge in [0.15, 0.2) is 0 Å². The van der Waals surface area contributed by atoms with Gasteiger partial charge in [-0.05, 0) is 42.7 Å². The van der Waals surface area contributed by atoms with Gasteiger partial charge >= 0.3 is 5.97 Å². The van der Waals surface area contributed by atoms with E-state index in [0.29, 0.717) is 11.1 Å². The summed E-state index contributed by atoms with van der Waals surface area (Å²) >= 11 is 0. The molecule has 19 heavy (non-hydrogen) atoms. The minimum atomic E-state index is -0.388. The molecule has 2 heterocycles. The molecule has 5 nitrogen and oxygen atoms in total. The number of ether oxygens (including phenoxy) is 1. The van der Waals surface area contributed by atoms with Gasteiger partial charge in [0.2, 0.25) is 6.23 Å². The average molecular weight is 259 g/mol. The maximum Gasteiger partial charge on any atom is 0.356 e. The van der Waals surface area contributed by atoms with Gasteiger partial charge in [-0.25, -0.2) is 4.79 Å². The molecule has 1 aliphatic heterocycles. The van der Waals surface area contributed by atoms with E-state index in [9.17, 15) is 4.79 Å². The Hall–Kier alpha value is -1.78. The quantitative estimate of drug-likeness (QED) is 0.617. The van der Waals surface area contributed by atoms with Crippen molar-refractivity contribution in [2.24, 2.45) is 12.5 Å². The Bertz CT molecular complexity index is 573. The van der Waals surface area contributed by atoms with Crippen LogP contribution in [0.4, 0.5) is 0 Å². The molecule has 4 rings (SSSR count). The molecule has 3 fully saturated rings. The van der Waals surface area contributed by atoms with Crippen LogP contribution in [0.25, 0.3) is 0 Å². The Balaban J connectivity index is 1.55. The number of hydrogen-bond donors (Lipinski definition) is 1. The van der Waals surface area contributed by atoms with Gasteiger partial charge in [-0.3, -0.25) is 4.68 Å². The largest absolute Gasteiger partial charge is 0.431 e. The molecule has 100 valence electrons. The van der Waals surface area contributed by atoms with Gasteiger partial charge in [0.25, 0.3) is 0 Å². The van der Waals surface area contributed by atoms with Crippen molar-refractivity contribution in [3.8, 4) is 0 Å². The first-order valence-corrected chi connectivity index (χ1v) is 6.84. The first kappa shape index (κ1) is 11.1. The Kier molecular flexibility index (Phi) is 2.11. The van der Waals surface area contributed by atoms with E-state index >= 15 is 0 Å². The van der Waals surface area contributed by atoms with Crippen molar-refractivity contribution in [3.63, 3.8) is 0 Å². The number of carbonyl (C=O) groups is 1. The molecule has 0 amide bonds. The van der Waals surface area contributed by atoms with Crippen LogP contribution in [0, 0.1) is 5.41 Å². The average Bonchev–Trinajstić information content (AvgIpc) is 2.82. The second-order valence-electron chi connectivity index (χ2n) is 6.00. The number of allylic oxidation sites excluding steroid dienone is 1. The zero-order valence-corrected chi connectivity index (χ0v) is 11.0. The van der Waals surface area contributed by atoms with Crippen molar-refractivity contribution >= 4 is 5.97 Å². The SMILES string of the molecule is Cn1nccc1C1NC(=C2CC3(CCC3)C2)C(=O)O1. The summed E-state index contributed by atoms with van der Waals surface area (Å²) in [6.45, 7) is 0. The van der Waals surface area contributed by atoms with Crippen LogP contribution in [0.15, 0.2) is 23.5 Å². The molecule has 1 saturated heterocycles. The number of carbonyl (C=O) groups excluding carboxylic acids is 1. The predicted molar refractivity (Wildman–Crippen MR) is 67.7 cm³/mol. The van der Waals surface area contributed by atoms with Gasteiger partial charge < -0.3 is 10.1 Å². The summed E-state index contributed by atoms with van der Waals surface area (Å²) in [5, 5.41) is 7.32. The highest BCUT2D eigenvalue weighted by atomic mass is 16.6. The molecule has 1 N–H and O–H groups in total. The summed E-state index contributed by atoms with van der Waals surface area (Å²) in [5.74, 6) is -0.213. The van der Waals surface area contributed by atoms with Crippen LogP contribution in [0.1, 0.15) is 44.0 Å². The molecule has 3 aliphatic rings. The molecule has 1 aromatic heterocycles. The number of rotatable bonds is 1. The standard InChI is InChI=1S/C14H17N3O2/c1-17-10(3-6-15-17)12-16-11(13(18)19-12)9-7-14(8-9)4-2-5-14/h3,6,12,16H,2,4-5,7-8H2,1H3. The molecule has 1 unspecified atom stereocenters. The number of aromatic nitrogens is 2. The van der Waals surface area contributed by atoms with Crippen molar-refractivity contribution in [2.75, 3.05) is 0 Å². The second kappa shape index (κ2) is 3.62. The molecule has 2 saturated carbocycles. The molecule has 0 radical (unpaired) electrons. The predicted octanol–water partition coefficient (Wildman–Crippen LogP) is 1.78. The minimum Gasteiger partial charge on any atom is -0.431 e. The summed E-state index contributed by atoms with van der Waals surface area (Å²) in [5.41, 5.74) is 3.36. The number of nitrogens with one attached hydrogen (secondary N) is 1. The maximum absolute atomic E-state index is 12.0. The number of aryl methyl sites for hydroxylation is 1. The lowest BCUT2D eigenvalue weighted by Gasteiger charge is -2.51. The Morgan fingerprint density at radius 3 is 2.84 bits per heavy atom. The van der Waals surface area contributed by atoms with E-state index in [0.717, 1.165) is 18.5 Å². The fraction of sp³-hybridized carbons (Fsp3) is 0.571. The number of cyclic esters (lactones) is 1. The molecular formula is C14H17N3O2. The van der Waals surface area contributed by atoms with Gasteiger partial charge in [0.1, 0.15) is 5.70 Å². The lowest BCUT2D eigenvalue weighted by Crippen LogP contribution is -2.39. The topological polar surface area (TPSA) is 56.2 Å². The van der Waals surface area contributed by atoms with Crippen molar-refractivity contribution in [3.05, 3.63) is 29.2 Å². The van der Waals surface area contributed by atoms with Crippen LogP contribution in [0.5, 0.6) is 0 Å². The molecule has 1 spiro atoms. The monoisotopic (exact) mass is 259 g/mol. The van der Waals surface area contributed by atoms with E-state index in [1.54, 1.807) is 10.9 Å². The summed E-state index contributed by atoms with van der Waals surface area (Å²) in [6, 6.07) is 1.87. The van der Waals surface area contributed by atoms with Crippen LogP contribution in [-0.2, 0) is 16.6 Å². The van der Waals surface area contributed by atoms with E-state index < -0.39 is 0 Å². The molecule has 0 bridgehead atoms. The summed E-state index contributed by atoms with van der Waals surface area (Å²) in [4.78, 5) is 12.0. The molecule has 2 aliphatic carbocycles. The highest BCUT2D eigenvalue weighted by Crippen LogP contribution is 2.59. The third-order valence-corrected chi connectivity index (χ3v) is 4.78. The third-order valence-electron chi connectivity index (χ3n) is 4.78. The zero-order chi connectivity index (χ0) is 13.0.